The largest absolute Gasteiger partial charge is 0.346 e. The van der Waals surface area contributed by atoms with E-state index in [1.54, 1.807) is 12.4 Å². The van der Waals surface area contributed by atoms with Gasteiger partial charge in [-0.2, -0.15) is 0 Å². The number of aryl methyl sites for hydroxylation is 1. The first-order valence-electron chi connectivity index (χ1n) is 8.77. The summed E-state index contributed by atoms with van der Waals surface area (Å²) in [5.74, 6) is -0.0368. The molecule has 2 aromatic rings. The van der Waals surface area contributed by atoms with Crippen molar-refractivity contribution in [1.82, 2.24) is 20.6 Å². The molecule has 1 amide bonds. The minimum absolute atomic E-state index is 0.00180. The Morgan fingerprint density at radius 2 is 2.00 bits per heavy atom. The van der Waals surface area contributed by atoms with Crippen LogP contribution in [0.1, 0.15) is 35.4 Å². The predicted octanol–water partition coefficient (Wildman–Crippen LogP) is 2.12. The van der Waals surface area contributed by atoms with Gasteiger partial charge in [-0.05, 0) is 44.0 Å². The second kappa shape index (κ2) is 6.41. The summed E-state index contributed by atoms with van der Waals surface area (Å²) in [7, 11) is 0. The number of nitrogens with one attached hydrogen (secondary N) is 2. The van der Waals surface area contributed by atoms with Crippen LogP contribution in [0.25, 0.3) is 5.57 Å². The van der Waals surface area contributed by atoms with Crippen LogP contribution in [0.5, 0.6) is 0 Å². The average molecular weight is 334 g/mol. The average Bonchev–Trinajstić information content (AvgIpc) is 2.96. The van der Waals surface area contributed by atoms with E-state index in [4.69, 9.17) is 0 Å². The molecule has 5 heteroatoms. The molecule has 1 aromatic carbocycles. The smallest absolute Gasteiger partial charge is 0.251 e. The van der Waals surface area contributed by atoms with E-state index in [0.29, 0.717) is 6.54 Å². The fourth-order valence-electron chi connectivity index (χ4n) is 3.84. The summed E-state index contributed by atoms with van der Waals surface area (Å²) in [5.41, 5.74) is 4.78. The number of carbonyl (C=O) groups is 1. The number of hydrogen-bond donors (Lipinski definition) is 2. The monoisotopic (exact) mass is 334 g/mol. The number of nitrogens with zero attached hydrogens (tertiary/aromatic N) is 2. The normalized spacial score (nSPS) is 17.9. The maximum absolute atomic E-state index is 12.8. The predicted molar refractivity (Wildman–Crippen MR) is 96.8 cm³/mol. The summed E-state index contributed by atoms with van der Waals surface area (Å²) < 4.78 is 0. The molecule has 2 N–H and O–H groups in total. The van der Waals surface area contributed by atoms with E-state index in [9.17, 15) is 4.79 Å². The zero-order valence-corrected chi connectivity index (χ0v) is 14.4. The first-order chi connectivity index (χ1) is 12.2. The van der Waals surface area contributed by atoms with Gasteiger partial charge in [-0.25, -0.2) is 0 Å². The molecule has 1 saturated heterocycles. The molecule has 0 unspecified atom stereocenters. The summed E-state index contributed by atoms with van der Waals surface area (Å²) in [4.78, 5) is 21.4. The Balaban J connectivity index is 1.57. The lowest BCUT2D eigenvalue weighted by Crippen LogP contribution is -2.37. The minimum Gasteiger partial charge on any atom is -0.346 e. The van der Waals surface area contributed by atoms with Gasteiger partial charge < -0.3 is 10.6 Å². The molecule has 128 valence electrons. The number of amides is 1. The van der Waals surface area contributed by atoms with Crippen molar-refractivity contribution in [3.05, 3.63) is 65.2 Å². The third-order valence-corrected chi connectivity index (χ3v) is 5.18. The number of aromatic nitrogens is 2. The quantitative estimate of drug-likeness (QED) is 0.902. The van der Waals surface area contributed by atoms with E-state index < -0.39 is 0 Å². The van der Waals surface area contributed by atoms with E-state index >= 15 is 0 Å². The number of benzene rings is 1. The van der Waals surface area contributed by atoms with Crippen molar-refractivity contribution in [3.63, 3.8) is 0 Å². The molecular weight excluding hydrogens is 312 g/mol. The van der Waals surface area contributed by atoms with Crippen molar-refractivity contribution in [3.8, 4) is 0 Å². The van der Waals surface area contributed by atoms with Crippen molar-refractivity contribution in [2.45, 2.75) is 31.7 Å². The van der Waals surface area contributed by atoms with E-state index in [-0.39, 0.29) is 11.3 Å². The van der Waals surface area contributed by atoms with Crippen molar-refractivity contribution < 1.29 is 4.79 Å². The first kappa shape index (κ1) is 16.0. The van der Waals surface area contributed by atoms with Crippen LogP contribution in [0, 0.1) is 6.92 Å². The molecule has 5 nitrogen and oxygen atoms in total. The Morgan fingerprint density at radius 3 is 2.76 bits per heavy atom. The molecule has 1 spiro atoms. The lowest BCUT2D eigenvalue weighted by Gasteiger charge is -2.33. The SMILES string of the molecule is Cc1cnc(CNC(=O)C2=CC3(CCNCC3)c3ccccc32)cn1. The van der Waals surface area contributed by atoms with Crippen LogP contribution in [-0.2, 0) is 16.8 Å². The van der Waals surface area contributed by atoms with Gasteiger partial charge in [0.05, 0.1) is 24.1 Å². The van der Waals surface area contributed by atoms with E-state index in [1.807, 2.05) is 13.0 Å². The highest BCUT2D eigenvalue weighted by Crippen LogP contribution is 2.45. The third-order valence-electron chi connectivity index (χ3n) is 5.18. The molecule has 25 heavy (non-hydrogen) atoms. The van der Waals surface area contributed by atoms with Crippen LogP contribution in [0.3, 0.4) is 0 Å². The Kier molecular flexibility index (Phi) is 4.09. The van der Waals surface area contributed by atoms with Gasteiger partial charge in [-0.3, -0.25) is 14.8 Å². The van der Waals surface area contributed by atoms with Gasteiger partial charge in [0.25, 0.3) is 5.91 Å². The van der Waals surface area contributed by atoms with Gasteiger partial charge in [0.15, 0.2) is 0 Å². The standard InChI is InChI=1S/C20H22N4O/c1-14-11-23-15(12-22-14)13-24-19(25)17-10-20(6-8-21-9-7-20)18-5-3-2-4-16(17)18/h2-5,10-12,21H,6-9,13H2,1H3,(H,24,25). The lowest BCUT2D eigenvalue weighted by molar-refractivity contribution is -0.115. The highest BCUT2D eigenvalue weighted by molar-refractivity contribution is 6.21. The summed E-state index contributed by atoms with van der Waals surface area (Å²) in [5, 5.41) is 6.41. The van der Waals surface area contributed by atoms with Gasteiger partial charge >= 0.3 is 0 Å². The van der Waals surface area contributed by atoms with E-state index in [0.717, 1.165) is 48.5 Å². The Labute approximate surface area is 147 Å². The second-order valence-corrected chi connectivity index (χ2v) is 6.84. The van der Waals surface area contributed by atoms with Crippen molar-refractivity contribution in [1.29, 1.82) is 0 Å². The molecule has 1 fully saturated rings. The Hall–Kier alpha value is -2.53. The van der Waals surface area contributed by atoms with Crippen LogP contribution in [0.2, 0.25) is 0 Å². The second-order valence-electron chi connectivity index (χ2n) is 6.84. The number of piperidine rings is 1. The van der Waals surface area contributed by atoms with Crippen LogP contribution in [0.15, 0.2) is 42.7 Å². The molecule has 0 saturated carbocycles. The van der Waals surface area contributed by atoms with E-state index in [2.05, 4.69) is 44.9 Å². The van der Waals surface area contributed by atoms with Gasteiger partial charge in [0, 0.05) is 17.2 Å². The zero-order valence-electron chi connectivity index (χ0n) is 14.4. The maximum atomic E-state index is 12.8. The number of carbonyl (C=O) groups excluding carboxylic acids is 1. The lowest BCUT2D eigenvalue weighted by atomic mass is 9.75. The topological polar surface area (TPSA) is 66.9 Å². The molecule has 1 aliphatic heterocycles. The minimum atomic E-state index is -0.0368. The summed E-state index contributed by atoms with van der Waals surface area (Å²) in [6.07, 6.45) is 7.68. The molecular formula is C20H22N4O. The first-order valence-corrected chi connectivity index (χ1v) is 8.77. The molecule has 1 aliphatic carbocycles. The number of allylic oxidation sites excluding steroid dienone is 1. The molecule has 0 atom stereocenters. The molecule has 4 rings (SSSR count). The Morgan fingerprint density at radius 1 is 1.20 bits per heavy atom. The van der Waals surface area contributed by atoms with Gasteiger partial charge in [-0.15, -0.1) is 0 Å². The highest BCUT2D eigenvalue weighted by Gasteiger charge is 2.40. The van der Waals surface area contributed by atoms with Crippen LogP contribution in [-0.4, -0.2) is 29.0 Å². The fourth-order valence-corrected chi connectivity index (χ4v) is 3.84. The van der Waals surface area contributed by atoms with Crippen LogP contribution >= 0.6 is 0 Å². The maximum Gasteiger partial charge on any atom is 0.251 e. The van der Waals surface area contributed by atoms with Crippen LogP contribution < -0.4 is 10.6 Å². The third kappa shape index (κ3) is 2.96. The molecule has 1 aromatic heterocycles. The molecule has 0 bridgehead atoms. The van der Waals surface area contributed by atoms with Crippen LogP contribution in [0.4, 0.5) is 0 Å². The number of rotatable bonds is 3. The number of hydrogen-bond acceptors (Lipinski definition) is 4. The van der Waals surface area contributed by atoms with Crippen molar-refractivity contribution in [2.24, 2.45) is 0 Å². The van der Waals surface area contributed by atoms with Gasteiger partial charge in [0.1, 0.15) is 0 Å². The molecule has 2 aliphatic rings. The fraction of sp³-hybridized carbons (Fsp3) is 0.350. The summed E-state index contributed by atoms with van der Waals surface area (Å²) in [6, 6.07) is 8.30. The van der Waals surface area contributed by atoms with Gasteiger partial charge in [-0.1, -0.05) is 30.3 Å². The molecule has 0 radical (unpaired) electrons. The highest BCUT2D eigenvalue weighted by atomic mass is 16.1. The van der Waals surface area contributed by atoms with Gasteiger partial charge in [0.2, 0.25) is 0 Å². The number of fused-ring (bicyclic) bond motifs is 2. The van der Waals surface area contributed by atoms with Crippen molar-refractivity contribution in [2.75, 3.05) is 13.1 Å². The Bertz CT molecular complexity index is 820. The summed E-state index contributed by atoms with van der Waals surface area (Å²) in [6.45, 7) is 4.26. The zero-order chi connectivity index (χ0) is 17.3. The molecule has 2 heterocycles. The summed E-state index contributed by atoms with van der Waals surface area (Å²) >= 11 is 0. The van der Waals surface area contributed by atoms with E-state index in [1.165, 1.54) is 5.56 Å². The van der Waals surface area contributed by atoms with Crippen molar-refractivity contribution >= 4 is 11.5 Å².